The molecule has 0 radical (unpaired) electrons. The van der Waals surface area contributed by atoms with Crippen LogP contribution < -0.4 is 4.74 Å². The minimum absolute atomic E-state index is 0.325. The molecule has 0 bridgehead atoms. The first-order valence-corrected chi connectivity index (χ1v) is 10.5. The number of hydrogen-bond donors (Lipinski definition) is 1. The molecule has 7 heteroatoms. The number of fused-ring (bicyclic) bond motifs is 2. The molecule has 3 aromatic carbocycles. The van der Waals surface area contributed by atoms with Gasteiger partial charge in [0, 0.05) is 23.6 Å². The van der Waals surface area contributed by atoms with E-state index in [0.29, 0.717) is 18.9 Å². The highest BCUT2D eigenvalue weighted by Crippen LogP contribution is 2.33. The Kier molecular flexibility index (Phi) is 5.33. The molecule has 0 atom stereocenters. The summed E-state index contributed by atoms with van der Waals surface area (Å²) in [7, 11) is 4.04. The van der Waals surface area contributed by atoms with Gasteiger partial charge >= 0.3 is 0 Å². The average molecular weight is 429 g/mol. The summed E-state index contributed by atoms with van der Waals surface area (Å²) in [5, 5.41) is 8.57. The molecular weight excluding hydrogens is 405 g/mol. The Hall–Kier alpha value is -3.71. The number of ether oxygens (including phenoxy) is 1. The van der Waals surface area contributed by atoms with Gasteiger partial charge in [0.1, 0.15) is 18.2 Å². The highest BCUT2D eigenvalue weighted by Gasteiger charge is 2.13. The zero-order valence-electron chi connectivity index (χ0n) is 18.0. The third kappa shape index (κ3) is 3.94. The van der Waals surface area contributed by atoms with Crippen molar-refractivity contribution < 1.29 is 9.13 Å². The lowest BCUT2D eigenvalue weighted by molar-refractivity contribution is 0.300. The molecule has 0 aliphatic carbocycles. The highest BCUT2D eigenvalue weighted by atomic mass is 19.1. The Bertz CT molecular complexity index is 1390. The maximum Gasteiger partial charge on any atom is 0.130 e. The first kappa shape index (κ1) is 20.2. The molecule has 0 saturated heterocycles. The third-order valence-electron chi connectivity index (χ3n) is 5.48. The average Bonchev–Trinajstić information content (AvgIpc) is 3.38. The number of aromatic amines is 1. The summed E-state index contributed by atoms with van der Waals surface area (Å²) in [6.45, 7) is 1.77. The van der Waals surface area contributed by atoms with Crippen LogP contribution >= 0.6 is 0 Å². The predicted octanol–water partition coefficient (Wildman–Crippen LogP) is 4.86. The molecule has 5 aromatic rings. The summed E-state index contributed by atoms with van der Waals surface area (Å²) < 4.78 is 22.2. The summed E-state index contributed by atoms with van der Waals surface area (Å²) in [5.74, 6) is 0.195. The molecule has 1 N–H and O–H groups in total. The number of para-hydroxylation sites is 2. The molecule has 6 nitrogen and oxygen atoms in total. The molecule has 0 amide bonds. The van der Waals surface area contributed by atoms with Crippen LogP contribution in [0.5, 0.6) is 5.75 Å². The number of nitrogens with zero attached hydrogens (tertiary/aromatic N) is 4. The van der Waals surface area contributed by atoms with E-state index >= 15 is 0 Å². The van der Waals surface area contributed by atoms with Gasteiger partial charge in [-0.15, -0.1) is 0 Å². The summed E-state index contributed by atoms with van der Waals surface area (Å²) in [6, 6.07) is 18.7. The second-order valence-corrected chi connectivity index (χ2v) is 8.09. The first-order chi connectivity index (χ1) is 15.6. The predicted molar refractivity (Wildman–Crippen MR) is 124 cm³/mol. The van der Waals surface area contributed by atoms with Crippen LogP contribution in [0.1, 0.15) is 5.69 Å². The largest absolute Gasteiger partial charge is 0.491 e. The van der Waals surface area contributed by atoms with E-state index in [1.165, 1.54) is 12.1 Å². The normalized spacial score (nSPS) is 11.6. The summed E-state index contributed by atoms with van der Waals surface area (Å²) in [6.07, 6.45) is 1.81. The van der Waals surface area contributed by atoms with E-state index in [1.807, 2.05) is 55.1 Å². The number of hydrogen-bond acceptors (Lipinski definition) is 4. The smallest absolute Gasteiger partial charge is 0.130 e. The van der Waals surface area contributed by atoms with Crippen molar-refractivity contribution in [2.24, 2.45) is 0 Å². The SMILES string of the molecule is CN(C)Cc1[nH]nc2ccc(-c3ccc(F)cc3OCCn3cnc4ccccc43)cc12. The molecule has 0 aliphatic heterocycles. The van der Waals surface area contributed by atoms with Gasteiger partial charge in [-0.2, -0.15) is 5.10 Å². The van der Waals surface area contributed by atoms with Crippen molar-refractivity contribution in [2.45, 2.75) is 13.1 Å². The standard InChI is InChI=1S/C25H24FN5O/c1-30(2)15-23-20-13-17(7-10-21(20)28-29-23)19-9-8-18(26)14-25(19)32-12-11-31-16-27-22-5-3-4-6-24(22)31/h3-10,13-14,16H,11-12,15H2,1-2H3,(H,28,29). The van der Waals surface area contributed by atoms with Crippen molar-refractivity contribution in [1.82, 2.24) is 24.6 Å². The van der Waals surface area contributed by atoms with Crippen LogP contribution in [0.25, 0.3) is 33.1 Å². The molecular formula is C25H24FN5O. The van der Waals surface area contributed by atoms with Gasteiger partial charge in [0.15, 0.2) is 0 Å². The number of halogens is 1. The monoisotopic (exact) mass is 429 g/mol. The Balaban J connectivity index is 1.42. The van der Waals surface area contributed by atoms with Gasteiger partial charge in [-0.25, -0.2) is 9.37 Å². The van der Waals surface area contributed by atoms with Crippen molar-refractivity contribution in [3.63, 3.8) is 0 Å². The highest BCUT2D eigenvalue weighted by molar-refractivity contribution is 5.87. The van der Waals surface area contributed by atoms with Gasteiger partial charge in [-0.05, 0) is 56.1 Å². The number of imidazole rings is 1. The van der Waals surface area contributed by atoms with Gasteiger partial charge in [-0.1, -0.05) is 18.2 Å². The van der Waals surface area contributed by atoms with Crippen molar-refractivity contribution >= 4 is 21.9 Å². The molecule has 0 aliphatic rings. The van der Waals surface area contributed by atoms with E-state index in [4.69, 9.17) is 4.74 Å². The molecule has 2 heterocycles. The van der Waals surface area contributed by atoms with Gasteiger partial charge in [-0.3, -0.25) is 5.10 Å². The molecule has 32 heavy (non-hydrogen) atoms. The second kappa shape index (κ2) is 8.43. The number of aromatic nitrogens is 4. The summed E-state index contributed by atoms with van der Waals surface area (Å²) in [4.78, 5) is 6.50. The molecule has 0 spiro atoms. The van der Waals surface area contributed by atoms with Crippen LogP contribution in [0.2, 0.25) is 0 Å². The molecule has 0 unspecified atom stereocenters. The number of H-pyrrole nitrogens is 1. The van der Waals surface area contributed by atoms with Crippen LogP contribution in [-0.4, -0.2) is 45.4 Å². The Morgan fingerprint density at radius 1 is 1.03 bits per heavy atom. The third-order valence-corrected chi connectivity index (χ3v) is 5.48. The Morgan fingerprint density at radius 2 is 1.91 bits per heavy atom. The van der Waals surface area contributed by atoms with E-state index < -0.39 is 0 Å². The molecule has 2 aromatic heterocycles. The zero-order chi connectivity index (χ0) is 22.1. The lowest BCUT2D eigenvalue weighted by Crippen LogP contribution is -2.11. The lowest BCUT2D eigenvalue weighted by Gasteiger charge is -2.13. The fourth-order valence-corrected chi connectivity index (χ4v) is 3.96. The van der Waals surface area contributed by atoms with Gasteiger partial charge in [0.05, 0.1) is 35.1 Å². The zero-order valence-corrected chi connectivity index (χ0v) is 18.0. The van der Waals surface area contributed by atoms with Crippen LogP contribution in [0.4, 0.5) is 4.39 Å². The maximum absolute atomic E-state index is 14.1. The van der Waals surface area contributed by atoms with Crippen molar-refractivity contribution in [3.8, 4) is 16.9 Å². The van der Waals surface area contributed by atoms with Crippen LogP contribution in [0.15, 0.2) is 67.0 Å². The fraction of sp³-hybridized carbons (Fsp3) is 0.200. The molecule has 0 saturated carbocycles. The minimum Gasteiger partial charge on any atom is -0.491 e. The van der Waals surface area contributed by atoms with Crippen LogP contribution in [0.3, 0.4) is 0 Å². The molecule has 162 valence electrons. The minimum atomic E-state index is -0.325. The van der Waals surface area contributed by atoms with Gasteiger partial charge < -0.3 is 14.2 Å². The number of rotatable bonds is 7. The fourth-order valence-electron chi connectivity index (χ4n) is 3.96. The van der Waals surface area contributed by atoms with E-state index in [9.17, 15) is 4.39 Å². The van der Waals surface area contributed by atoms with E-state index in [2.05, 4.69) is 26.1 Å². The van der Waals surface area contributed by atoms with Crippen LogP contribution in [-0.2, 0) is 13.1 Å². The van der Waals surface area contributed by atoms with E-state index in [1.54, 1.807) is 12.4 Å². The number of benzene rings is 3. The van der Waals surface area contributed by atoms with Gasteiger partial charge in [0.2, 0.25) is 0 Å². The van der Waals surface area contributed by atoms with Crippen LogP contribution in [0, 0.1) is 5.82 Å². The second-order valence-electron chi connectivity index (χ2n) is 8.09. The van der Waals surface area contributed by atoms with Crippen molar-refractivity contribution in [3.05, 3.63) is 78.5 Å². The van der Waals surface area contributed by atoms with E-state index in [-0.39, 0.29) is 5.82 Å². The molecule has 5 rings (SSSR count). The van der Waals surface area contributed by atoms with E-state index in [0.717, 1.165) is 45.3 Å². The van der Waals surface area contributed by atoms with Gasteiger partial charge in [0.25, 0.3) is 0 Å². The molecule has 0 fully saturated rings. The number of nitrogens with one attached hydrogen (secondary N) is 1. The summed E-state index contributed by atoms with van der Waals surface area (Å²) in [5.41, 5.74) is 5.75. The quantitative estimate of drug-likeness (QED) is 0.401. The van der Waals surface area contributed by atoms with Crippen molar-refractivity contribution in [1.29, 1.82) is 0 Å². The lowest BCUT2D eigenvalue weighted by atomic mass is 10.0. The topological polar surface area (TPSA) is 59.0 Å². The Labute approximate surface area is 185 Å². The Morgan fingerprint density at radius 3 is 2.78 bits per heavy atom. The first-order valence-electron chi connectivity index (χ1n) is 10.5. The van der Waals surface area contributed by atoms with Crippen molar-refractivity contribution in [2.75, 3.05) is 20.7 Å². The summed E-state index contributed by atoms with van der Waals surface area (Å²) >= 11 is 0. The maximum atomic E-state index is 14.1.